The fraction of sp³-hybridized carbons (Fsp3) is 0.889. The van der Waals surface area contributed by atoms with Gasteiger partial charge in [0.15, 0.2) is 0 Å². The van der Waals surface area contributed by atoms with Crippen LogP contribution in [0.3, 0.4) is 0 Å². The summed E-state index contributed by atoms with van der Waals surface area (Å²) < 4.78 is 0. The number of hydrogen-bond acceptors (Lipinski definition) is 2. The maximum atomic E-state index is 11.0. The summed E-state index contributed by atoms with van der Waals surface area (Å²) in [7, 11) is 4.12. The number of halogens is 1. The molecule has 0 spiro atoms. The Morgan fingerprint density at radius 2 is 2.15 bits per heavy atom. The number of rotatable bonds is 4. The molecule has 76 valence electrons. The molecule has 0 radical (unpaired) electrons. The fourth-order valence-electron chi connectivity index (χ4n) is 1.68. The van der Waals surface area contributed by atoms with Gasteiger partial charge in [-0.2, -0.15) is 0 Å². The van der Waals surface area contributed by atoms with Crippen molar-refractivity contribution in [1.29, 1.82) is 0 Å². The highest BCUT2D eigenvalue weighted by Crippen LogP contribution is 2.35. The van der Waals surface area contributed by atoms with Crippen molar-refractivity contribution in [3.63, 3.8) is 0 Å². The lowest BCUT2D eigenvalue weighted by molar-refractivity contribution is -0.119. The zero-order valence-electron chi connectivity index (χ0n) is 8.27. The summed E-state index contributed by atoms with van der Waals surface area (Å²) in [5.41, 5.74) is 0.196. The minimum atomic E-state index is -0.0743. The van der Waals surface area contributed by atoms with Gasteiger partial charge in [-0.15, -0.1) is 11.6 Å². The molecule has 0 aromatic heterocycles. The smallest absolute Gasteiger partial charge is 0.234 e. The van der Waals surface area contributed by atoms with Crippen LogP contribution in [0, 0.1) is 0 Å². The van der Waals surface area contributed by atoms with Crippen molar-refractivity contribution in [1.82, 2.24) is 10.2 Å². The molecular weight excluding hydrogens is 188 g/mol. The van der Waals surface area contributed by atoms with Gasteiger partial charge in [0, 0.05) is 12.1 Å². The second-order valence-corrected chi connectivity index (χ2v) is 4.15. The Morgan fingerprint density at radius 1 is 1.54 bits per heavy atom. The molecule has 1 saturated carbocycles. The number of amides is 1. The largest absolute Gasteiger partial charge is 0.353 e. The van der Waals surface area contributed by atoms with E-state index in [1.165, 1.54) is 19.3 Å². The van der Waals surface area contributed by atoms with Gasteiger partial charge in [-0.3, -0.25) is 4.79 Å². The van der Waals surface area contributed by atoms with E-state index >= 15 is 0 Å². The molecular formula is C9H17ClN2O. The normalized spacial score (nSPS) is 19.7. The molecule has 1 aliphatic carbocycles. The van der Waals surface area contributed by atoms with Crippen molar-refractivity contribution in [3.8, 4) is 0 Å². The average molecular weight is 205 g/mol. The van der Waals surface area contributed by atoms with Crippen LogP contribution in [-0.2, 0) is 4.79 Å². The van der Waals surface area contributed by atoms with E-state index in [4.69, 9.17) is 11.6 Å². The number of carbonyl (C=O) groups is 1. The molecule has 13 heavy (non-hydrogen) atoms. The summed E-state index contributed by atoms with van der Waals surface area (Å²) in [6, 6.07) is 0. The van der Waals surface area contributed by atoms with Crippen molar-refractivity contribution in [3.05, 3.63) is 0 Å². The lowest BCUT2D eigenvalue weighted by Gasteiger charge is -2.47. The SMILES string of the molecule is CN(C)C1(CNC(=O)CCl)CCC1. The van der Waals surface area contributed by atoms with Crippen LogP contribution in [0.1, 0.15) is 19.3 Å². The first-order valence-corrected chi connectivity index (χ1v) is 5.14. The van der Waals surface area contributed by atoms with Gasteiger partial charge < -0.3 is 10.2 Å². The lowest BCUT2D eigenvalue weighted by atomic mass is 9.75. The van der Waals surface area contributed by atoms with E-state index < -0.39 is 0 Å². The molecule has 0 saturated heterocycles. The molecule has 1 fully saturated rings. The van der Waals surface area contributed by atoms with Gasteiger partial charge >= 0.3 is 0 Å². The molecule has 0 unspecified atom stereocenters. The van der Waals surface area contributed by atoms with Gasteiger partial charge in [0.1, 0.15) is 5.88 Å². The van der Waals surface area contributed by atoms with Crippen molar-refractivity contribution >= 4 is 17.5 Å². The van der Waals surface area contributed by atoms with Gasteiger partial charge in [-0.1, -0.05) is 0 Å². The highest BCUT2D eigenvalue weighted by atomic mass is 35.5. The number of carbonyl (C=O) groups excluding carboxylic acids is 1. The Morgan fingerprint density at radius 3 is 2.46 bits per heavy atom. The van der Waals surface area contributed by atoms with Gasteiger partial charge in [-0.25, -0.2) is 0 Å². The van der Waals surface area contributed by atoms with Crippen LogP contribution in [0.15, 0.2) is 0 Å². The maximum Gasteiger partial charge on any atom is 0.234 e. The molecule has 0 aliphatic heterocycles. The predicted octanol–water partition coefficient (Wildman–Crippen LogP) is 0.826. The molecule has 1 amide bonds. The first kappa shape index (κ1) is 10.8. The van der Waals surface area contributed by atoms with Gasteiger partial charge in [0.2, 0.25) is 5.91 Å². The minimum Gasteiger partial charge on any atom is -0.353 e. The second kappa shape index (κ2) is 4.29. The van der Waals surface area contributed by atoms with Crippen molar-refractivity contribution in [2.45, 2.75) is 24.8 Å². The molecule has 0 aromatic carbocycles. The molecule has 0 bridgehead atoms. The van der Waals surface area contributed by atoms with Gasteiger partial charge in [-0.05, 0) is 33.4 Å². The maximum absolute atomic E-state index is 11.0. The number of alkyl halides is 1. The van der Waals surface area contributed by atoms with Gasteiger partial charge in [0.25, 0.3) is 0 Å². The van der Waals surface area contributed by atoms with Crippen molar-refractivity contribution in [2.24, 2.45) is 0 Å². The first-order valence-electron chi connectivity index (χ1n) is 4.61. The van der Waals surface area contributed by atoms with E-state index in [1.807, 2.05) is 0 Å². The van der Waals surface area contributed by atoms with Crippen LogP contribution >= 0.6 is 11.6 Å². The molecule has 1 N–H and O–H groups in total. The predicted molar refractivity (Wildman–Crippen MR) is 54.0 cm³/mol. The Hall–Kier alpha value is -0.280. The topological polar surface area (TPSA) is 32.3 Å². The summed E-state index contributed by atoms with van der Waals surface area (Å²) in [5.74, 6) is -0.0152. The summed E-state index contributed by atoms with van der Waals surface area (Å²) in [6.07, 6.45) is 3.60. The van der Waals surface area contributed by atoms with E-state index in [0.717, 1.165) is 6.54 Å². The summed E-state index contributed by atoms with van der Waals surface area (Å²) >= 11 is 5.40. The zero-order chi connectivity index (χ0) is 9.90. The number of likely N-dealkylation sites (N-methyl/N-ethyl adjacent to an activating group) is 1. The standard InChI is InChI=1S/C9H17ClN2O/c1-12(2)9(4-3-5-9)7-11-8(13)6-10/h3-7H2,1-2H3,(H,11,13). The number of nitrogens with zero attached hydrogens (tertiary/aromatic N) is 1. The molecule has 1 rings (SSSR count). The zero-order valence-corrected chi connectivity index (χ0v) is 9.02. The fourth-order valence-corrected chi connectivity index (χ4v) is 1.77. The van der Waals surface area contributed by atoms with Crippen LogP contribution in [0.5, 0.6) is 0 Å². The van der Waals surface area contributed by atoms with E-state index in [1.54, 1.807) is 0 Å². The average Bonchev–Trinajstić information content (AvgIpc) is 2.01. The highest BCUT2D eigenvalue weighted by Gasteiger charge is 2.38. The first-order chi connectivity index (χ1) is 6.10. The third-order valence-corrected chi connectivity index (χ3v) is 3.21. The second-order valence-electron chi connectivity index (χ2n) is 3.88. The van der Waals surface area contributed by atoms with Crippen LogP contribution in [0.2, 0.25) is 0 Å². The van der Waals surface area contributed by atoms with Crippen LogP contribution in [0.4, 0.5) is 0 Å². The van der Waals surface area contributed by atoms with Gasteiger partial charge in [0.05, 0.1) is 0 Å². The molecule has 0 atom stereocenters. The third kappa shape index (κ3) is 2.35. The van der Waals surface area contributed by atoms with Crippen LogP contribution < -0.4 is 5.32 Å². The summed E-state index contributed by atoms with van der Waals surface area (Å²) in [4.78, 5) is 13.2. The van der Waals surface area contributed by atoms with Crippen LogP contribution in [0.25, 0.3) is 0 Å². The van der Waals surface area contributed by atoms with Crippen molar-refractivity contribution in [2.75, 3.05) is 26.5 Å². The quantitative estimate of drug-likeness (QED) is 0.688. The Labute approximate surface area is 84.4 Å². The monoisotopic (exact) mass is 204 g/mol. The van der Waals surface area contributed by atoms with E-state index in [9.17, 15) is 4.79 Å². The molecule has 3 nitrogen and oxygen atoms in total. The van der Waals surface area contributed by atoms with E-state index in [0.29, 0.717) is 0 Å². The molecule has 1 aliphatic rings. The van der Waals surface area contributed by atoms with Crippen LogP contribution in [-0.4, -0.2) is 42.9 Å². The molecule has 4 heteroatoms. The highest BCUT2D eigenvalue weighted by molar-refractivity contribution is 6.27. The number of nitrogens with one attached hydrogen (secondary N) is 1. The molecule has 0 aromatic rings. The Bertz CT molecular complexity index is 190. The Kier molecular flexibility index (Phi) is 3.56. The van der Waals surface area contributed by atoms with E-state index in [-0.39, 0.29) is 17.3 Å². The third-order valence-electron chi connectivity index (χ3n) is 2.97. The Balaban J connectivity index is 2.36. The summed E-state index contributed by atoms with van der Waals surface area (Å²) in [6.45, 7) is 0.728. The lowest BCUT2D eigenvalue weighted by Crippen LogP contribution is -2.57. The minimum absolute atomic E-state index is 0.0590. The number of hydrogen-bond donors (Lipinski definition) is 1. The summed E-state index contributed by atoms with van der Waals surface area (Å²) in [5, 5.41) is 2.84. The van der Waals surface area contributed by atoms with E-state index in [2.05, 4.69) is 24.3 Å². The van der Waals surface area contributed by atoms with Crippen molar-refractivity contribution < 1.29 is 4.79 Å². The molecule has 0 heterocycles.